The largest absolute Gasteiger partial charge is 0.354 e. The third-order valence-corrected chi connectivity index (χ3v) is 5.71. The third-order valence-electron chi connectivity index (χ3n) is 5.71. The van der Waals surface area contributed by atoms with Crippen molar-refractivity contribution in [1.29, 1.82) is 0 Å². The number of nitrogens with zero attached hydrogens (tertiary/aromatic N) is 3. The van der Waals surface area contributed by atoms with Gasteiger partial charge in [0.25, 0.3) is 5.91 Å². The summed E-state index contributed by atoms with van der Waals surface area (Å²) in [6.07, 6.45) is 3.24. The van der Waals surface area contributed by atoms with E-state index in [1.165, 1.54) is 0 Å². The molecule has 1 atom stereocenters. The van der Waals surface area contributed by atoms with E-state index in [-0.39, 0.29) is 23.6 Å². The van der Waals surface area contributed by atoms with Gasteiger partial charge in [0.1, 0.15) is 5.69 Å². The van der Waals surface area contributed by atoms with Crippen LogP contribution in [0.2, 0.25) is 0 Å². The van der Waals surface area contributed by atoms with Crippen molar-refractivity contribution in [2.75, 3.05) is 20.1 Å². The zero-order valence-corrected chi connectivity index (χ0v) is 14.7. The molecule has 1 aliphatic carbocycles. The van der Waals surface area contributed by atoms with E-state index in [4.69, 9.17) is 0 Å². The van der Waals surface area contributed by atoms with Gasteiger partial charge in [0, 0.05) is 45.3 Å². The molecule has 2 fully saturated rings. The van der Waals surface area contributed by atoms with Crippen LogP contribution in [-0.4, -0.2) is 58.3 Å². The molecule has 0 unspecified atom stereocenters. The fourth-order valence-electron chi connectivity index (χ4n) is 4.07. The van der Waals surface area contributed by atoms with Crippen LogP contribution in [0.1, 0.15) is 41.0 Å². The summed E-state index contributed by atoms with van der Waals surface area (Å²) in [5.74, 6) is -0.131. The Hall–Kier alpha value is -2.31. The highest BCUT2D eigenvalue weighted by Crippen LogP contribution is 2.34. The SMILES string of the molecule is CNC(=O)c1cc2c(n1C)CN(C(=O)[C@H]1CC(=O)N(C3CC3)C1)CC2. The van der Waals surface area contributed by atoms with Gasteiger partial charge in [-0.1, -0.05) is 0 Å². The number of likely N-dealkylation sites (tertiary alicyclic amines) is 1. The molecule has 7 heteroatoms. The first-order valence-corrected chi connectivity index (χ1v) is 8.97. The second-order valence-electron chi connectivity index (χ2n) is 7.33. The number of amides is 3. The first-order valence-electron chi connectivity index (χ1n) is 8.97. The van der Waals surface area contributed by atoms with E-state index in [2.05, 4.69) is 5.32 Å². The number of hydrogen-bond acceptors (Lipinski definition) is 3. The monoisotopic (exact) mass is 344 g/mol. The minimum absolute atomic E-state index is 0.0739. The molecule has 1 aromatic heterocycles. The van der Waals surface area contributed by atoms with Gasteiger partial charge in [-0.25, -0.2) is 0 Å². The summed E-state index contributed by atoms with van der Waals surface area (Å²) in [4.78, 5) is 40.7. The Kier molecular flexibility index (Phi) is 3.81. The Morgan fingerprint density at radius 3 is 2.72 bits per heavy atom. The Balaban J connectivity index is 1.48. The predicted molar refractivity (Wildman–Crippen MR) is 90.8 cm³/mol. The van der Waals surface area contributed by atoms with Crippen LogP contribution in [0, 0.1) is 5.92 Å². The minimum atomic E-state index is -0.215. The molecule has 25 heavy (non-hydrogen) atoms. The molecule has 0 aromatic carbocycles. The van der Waals surface area contributed by atoms with Crippen LogP contribution < -0.4 is 5.32 Å². The Labute approximate surface area is 146 Å². The fourth-order valence-corrected chi connectivity index (χ4v) is 4.07. The van der Waals surface area contributed by atoms with Crippen molar-refractivity contribution in [1.82, 2.24) is 19.7 Å². The maximum Gasteiger partial charge on any atom is 0.267 e. The van der Waals surface area contributed by atoms with Crippen LogP contribution in [0.4, 0.5) is 0 Å². The number of carbonyl (C=O) groups excluding carboxylic acids is 3. The molecule has 0 spiro atoms. The summed E-state index contributed by atoms with van der Waals surface area (Å²) < 4.78 is 1.88. The highest BCUT2D eigenvalue weighted by molar-refractivity contribution is 5.93. The van der Waals surface area contributed by atoms with Crippen LogP contribution in [0.25, 0.3) is 0 Å². The van der Waals surface area contributed by atoms with Gasteiger partial charge in [-0.3, -0.25) is 14.4 Å². The zero-order valence-electron chi connectivity index (χ0n) is 14.7. The second-order valence-corrected chi connectivity index (χ2v) is 7.33. The highest BCUT2D eigenvalue weighted by Gasteiger charge is 2.43. The lowest BCUT2D eigenvalue weighted by atomic mass is 10.0. The van der Waals surface area contributed by atoms with Crippen LogP contribution in [0.3, 0.4) is 0 Å². The van der Waals surface area contributed by atoms with Crippen molar-refractivity contribution in [3.05, 3.63) is 23.0 Å². The molecule has 1 aromatic rings. The smallest absolute Gasteiger partial charge is 0.267 e. The fraction of sp³-hybridized carbons (Fsp3) is 0.611. The van der Waals surface area contributed by atoms with Gasteiger partial charge in [0.05, 0.1) is 12.5 Å². The first-order chi connectivity index (χ1) is 12.0. The number of nitrogens with one attached hydrogen (secondary N) is 1. The normalized spacial score (nSPS) is 23.0. The maximum atomic E-state index is 12.9. The summed E-state index contributed by atoms with van der Waals surface area (Å²) in [5, 5.41) is 2.65. The quantitative estimate of drug-likeness (QED) is 0.856. The number of hydrogen-bond donors (Lipinski definition) is 1. The molecule has 7 nitrogen and oxygen atoms in total. The molecule has 4 rings (SSSR count). The number of aromatic nitrogens is 1. The summed E-state index contributed by atoms with van der Waals surface area (Å²) >= 11 is 0. The average molecular weight is 344 g/mol. The average Bonchev–Trinajstić information content (AvgIpc) is 3.31. The van der Waals surface area contributed by atoms with E-state index in [1.54, 1.807) is 7.05 Å². The predicted octanol–water partition coefficient (Wildman–Crippen LogP) is 0.280. The van der Waals surface area contributed by atoms with Gasteiger partial charge < -0.3 is 19.7 Å². The van der Waals surface area contributed by atoms with Crippen LogP contribution >= 0.6 is 0 Å². The van der Waals surface area contributed by atoms with Crippen LogP contribution in [0.15, 0.2) is 6.07 Å². The van der Waals surface area contributed by atoms with Crippen LogP contribution in [-0.2, 0) is 29.6 Å². The lowest BCUT2D eigenvalue weighted by Gasteiger charge is -2.30. The number of fused-ring (bicyclic) bond motifs is 1. The molecule has 134 valence electrons. The Bertz CT molecular complexity index is 750. The third kappa shape index (κ3) is 2.71. The number of carbonyl (C=O) groups is 3. The minimum Gasteiger partial charge on any atom is -0.354 e. The van der Waals surface area contributed by atoms with Gasteiger partial charge >= 0.3 is 0 Å². The Morgan fingerprint density at radius 1 is 1.28 bits per heavy atom. The van der Waals surface area contributed by atoms with Gasteiger partial charge in [-0.2, -0.15) is 0 Å². The molecule has 0 radical (unpaired) electrons. The maximum absolute atomic E-state index is 12.9. The molecule has 2 aliphatic heterocycles. The highest BCUT2D eigenvalue weighted by atomic mass is 16.2. The van der Waals surface area contributed by atoms with E-state index in [1.807, 2.05) is 27.5 Å². The van der Waals surface area contributed by atoms with Crippen molar-refractivity contribution in [3.8, 4) is 0 Å². The summed E-state index contributed by atoms with van der Waals surface area (Å²) in [6, 6.07) is 2.30. The van der Waals surface area contributed by atoms with Crippen molar-refractivity contribution in [2.45, 2.75) is 38.3 Å². The van der Waals surface area contributed by atoms with Crippen molar-refractivity contribution in [3.63, 3.8) is 0 Å². The number of rotatable bonds is 3. The lowest BCUT2D eigenvalue weighted by molar-refractivity contribution is -0.136. The molecule has 3 heterocycles. The molecule has 1 saturated heterocycles. The van der Waals surface area contributed by atoms with Gasteiger partial charge in [-0.05, 0) is 30.9 Å². The van der Waals surface area contributed by atoms with Crippen molar-refractivity contribution < 1.29 is 14.4 Å². The molecular formula is C18H24N4O3. The van der Waals surface area contributed by atoms with Gasteiger partial charge in [0.15, 0.2) is 0 Å². The van der Waals surface area contributed by atoms with Crippen molar-refractivity contribution >= 4 is 17.7 Å². The van der Waals surface area contributed by atoms with Crippen LogP contribution in [0.5, 0.6) is 0 Å². The van der Waals surface area contributed by atoms with Gasteiger partial charge in [-0.15, -0.1) is 0 Å². The zero-order chi connectivity index (χ0) is 17.7. The topological polar surface area (TPSA) is 74.6 Å². The van der Waals surface area contributed by atoms with E-state index in [0.717, 1.165) is 30.5 Å². The summed E-state index contributed by atoms with van der Waals surface area (Å²) in [7, 11) is 3.48. The van der Waals surface area contributed by atoms with E-state index < -0.39 is 0 Å². The first kappa shape index (κ1) is 16.2. The van der Waals surface area contributed by atoms with Gasteiger partial charge in [0.2, 0.25) is 11.8 Å². The van der Waals surface area contributed by atoms with E-state index >= 15 is 0 Å². The van der Waals surface area contributed by atoms with E-state index in [0.29, 0.717) is 37.8 Å². The molecule has 3 amide bonds. The van der Waals surface area contributed by atoms with Crippen molar-refractivity contribution in [2.24, 2.45) is 13.0 Å². The molecule has 0 bridgehead atoms. The second kappa shape index (κ2) is 5.89. The molecule has 3 aliphatic rings. The lowest BCUT2D eigenvalue weighted by Crippen LogP contribution is -2.41. The molecule has 1 N–H and O–H groups in total. The summed E-state index contributed by atoms with van der Waals surface area (Å²) in [5.41, 5.74) is 2.77. The molecule has 1 saturated carbocycles. The standard InChI is InChI=1S/C18H24N4O3/c1-19-17(24)14-7-11-5-6-21(10-15(11)20(14)2)18(25)12-8-16(23)22(9-12)13-3-4-13/h7,12-13H,3-6,8-10H2,1-2H3,(H,19,24)/t12-/m0/s1. The Morgan fingerprint density at radius 2 is 2.04 bits per heavy atom. The molecular weight excluding hydrogens is 320 g/mol. The van der Waals surface area contributed by atoms with E-state index in [9.17, 15) is 14.4 Å². The summed E-state index contributed by atoms with van der Waals surface area (Å²) in [6.45, 7) is 1.73.